The monoisotopic (exact) mass is 301 g/mol. The Kier molecular flexibility index (Phi) is 5.14. The highest BCUT2D eigenvalue weighted by Gasteiger charge is 2.35. The number of hydrogen-bond donors (Lipinski definition) is 0. The van der Waals surface area contributed by atoms with Gasteiger partial charge in [-0.3, -0.25) is 14.5 Å². The van der Waals surface area contributed by atoms with Gasteiger partial charge in [-0.1, -0.05) is 18.7 Å². The Bertz CT molecular complexity index is 541. The maximum absolute atomic E-state index is 12.3. The molecule has 1 aliphatic rings. The van der Waals surface area contributed by atoms with Gasteiger partial charge in [0, 0.05) is 13.0 Å². The van der Waals surface area contributed by atoms with E-state index < -0.39 is 0 Å². The van der Waals surface area contributed by atoms with E-state index in [1.165, 1.54) is 4.90 Å². The first-order valence-corrected chi connectivity index (χ1v) is 7.99. The average molecular weight is 301 g/mol. The van der Waals surface area contributed by atoms with Gasteiger partial charge < -0.3 is 4.48 Å². The number of fused-ring (bicyclic) bond motifs is 1. The number of hydrogen-bond acceptors (Lipinski definition) is 2. The van der Waals surface area contributed by atoms with Crippen molar-refractivity contribution in [3.8, 4) is 0 Å². The minimum Gasteiger partial charge on any atom is -0.321 e. The van der Waals surface area contributed by atoms with Crippen LogP contribution in [0, 0.1) is 0 Å². The van der Waals surface area contributed by atoms with Gasteiger partial charge in [-0.05, 0) is 32.1 Å². The van der Waals surface area contributed by atoms with Gasteiger partial charge in [-0.15, -0.1) is 0 Å². The summed E-state index contributed by atoms with van der Waals surface area (Å²) in [5.74, 6) is -0.314. The van der Waals surface area contributed by atoms with Crippen LogP contribution >= 0.6 is 0 Å². The van der Waals surface area contributed by atoms with Crippen LogP contribution in [0.4, 0.5) is 0 Å². The lowest BCUT2D eigenvalue weighted by Gasteiger charge is -2.36. The van der Waals surface area contributed by atoms with Crippen LogP contribution in [-0.4, -0.2) is 53.9 Å². The number of nitrogens with zero attached hydrogens (tertiary/aromatic N) is 2. The fourth-order valence-corrected chi connectivity index (χ4v) is 3.17. The van der Waals surface area contributed by atoms with Crippen molar-refractivity contribution >= 4 is 11.8 Å². The van der Waals surface area contributed by atoms with Crippen molar-refractivity contribution in [3.63, 3.8) is 0 Å². The maximum Gasteiger partial charge on any atom is 0.261 e. The molecule has 2 rings (SSSR count). The summed E-state index contributed by atoms with van der Waals surface area (Å²) < 4.78 is 0.951. The van der Waals surface area contributed by atoms with Crippen molar-refractivity contribution in [3.05, 3.63) is 48.0 Å². The summed E-state index contributed by atoms with van der Waals surface area (Å²) in [5.41, 5.74) is 1.07. The molecule has 0 saturated carbocycles. The Morgan fingerprint density at radius 1 is 1.09 bits per heavy atom. The molecular weight excluding hydrogens is 276 g/mol. The van der Waals surface area contributed by atoms with E-state index in [0.29, 0.717) is 17.7 Å². The molecule has 0 spiro atoms. The zero-order valence-electron chi connectivity index (χ0n) is 13.5. The number of carbonyl (C=O) groups is 2. The number of amides is 2. The summed E-state index contributed by atoms with van der Waals surface area (Å²) in [5, 5.41) is 0. The van der Waals surface area contributed by atoms with Crippen LogP contribution in [0.5, 0.6) is 0 Å². The van der Waals surface area contributed by atoms with Crippen LogP contribution in [0.15, 0.2) is 36.9 Å². The second-order valence-corrected chi connectivity index (χ2v) is 5.83. The Morgan fingerprint density at radius 3 is 2.09 bits per heavy atom. The van der Waals surface area contributed by atoms with Crippen molar-refractivity contribution in [1.82, 2.24) is 4.90 Å². The molecule has 0 saturated heterocycles. The normalized spacial score (nSPS) is 14.4. The van der Waals surface area contributed by atoms with Crippen LogP contribution in [0.1, 0.15) is 41.0 Å². The lowest BCUT2D eigenvalue weighted by atomic mass is 10.1. The van der Waals surface area contributed by atoms with Gasteiger partial charge in [-0.25, -0.2) is 0 Å². The molecule has 0 bridgehead atoms. The molecule has 0 radical (unpaired) electrons. The fraction of sp³-hybridized carbons (Fsp3) is 0.444. The molecule has 0 atom stereocenters. The SMILES string of the molecule is C=CC[N+](CC)(CC)CCCN1C(=O)c2ccccc2C1=O. The average Bonchev–Trinajstić information content (AvgIpc) is 2.79. The van der Waals surface area contributed by atoms with E-state index in [1.54, 1.807) is 24.3 Å². The molecule has 4 heteroatoms. The lowest BCUT2D eigenvalue weighted by molar-refractivity contribution is -0.919. The number of carbonyl (C=O) groups excluding carboxylic acids is 2. The van der Waals surface area contributed by atoms with Gasteiger partial charge in [0.1, 0.15) is 0 Å². The largest absolute Gasteiger partial charge is 0.321 e. The van der Waals surface area contributed by atoms with Gasteiger partial charge in [0.05, 0.1) is 37.3 Å². The first-order valence-electron chi connectivity index (χ1n) is 7.99. The van der Waals surface area contributed by atoms with E-state index in [2.05, 4.69) is 20.4 Å². The first-order chi connectivity index (χ1) is 10.6. The molecule has 22 heavy (non-hydrogen) atoms. The van der Waals surface area contributed by atoms with Gasteiger partial charge >= 0.3 is 0 Å². The molecule has 2 amide bonds. The molecule has 1 heterocycles. The summed E-state index contributed by atoms with van der Waals surface area (Å²) in [6.45, 7) is 12.6. The summed E-state index contributed by atoms with van der Waals surface area (Å²) in [6.07, 6.45) is 2.77. The van der Waals surface area contributed by atoms with Crippen molar-refractivity contribution in [2.24, 2.45) is 0 Å². The zero-order chi connectivity index (χ0) is 16.2. The van der Waals surface area contributed by atoms with E-state index in [4.69, 9.17) is 0 Å². The van der Waals surface area contributed by atoms with Crippen molar-refractivity contribution in [1.29, 1.82) is 0 Å². The highest BCUT2D eigenvalue weighted by molar-refractivity contribution is 6.21. The molecule has 0 N–H and O–H groups in total. The summed E-state index contributed by atoms with van der Waals surface area (Å²) in [4.78, 5) is 26.0. The van der Waals surface area contributed by atoms with Gasteiger partial charge in [0.25, 0.3) is 11.8 Å². The zero-order valence-corrected chi connectivity index (χ0v) is 13.5. The molecule has 118 valence electrons. The third-order valence-corrected chi connectivity index (χ3v) is 4.75. The molecule has 1 aromatic rings. The van der Waals surface area contributed by atoms with E-state index in [9.17, 15) is 9.59 Å². The molecule has 1 aliphatic heterocycles. The van der Waals surface area contributed by atoms with Gasteiger partial charge in [0.15, 0.2) is 0 Å². The first kappa shape index (κ1) is 16.4. The van der Waals surface area contributed by atoms with Crippen molar-refractivity contribution in [2.45, 2.75) is 20.3 Å². The number of likely N-dealkylation sites (N-methyl/N-ethyl adjacent to an activating group) is 1. The van der Waals surface area contributed by atoms with E-state index in [-0.39, 0.29) is 11.8 Å². The van der Waals surface area contributed by atoms with Crippen molar-refractivity contribution < 1.29 is 14.1 Å². The minimum absolute atomic E-state index is 0.157. The number of quaternary nitrogens is 1. The molecule has 0 unspecified atom stereocenters. The second-order valence-electron chi connectivity index (χ2n) is 5.83. The molecule has 1 aromatic carbocycles. The minimum atomic E-state index is -0.157. The summed E-state index contributed by atoms with van der Waals surface area (Å²) in [6, 6.07) is 7.05. The number of rotatable bonds is 8. The predicted octanol–water partition coefficient (Wildman–Crippen LogP) is 2.72. The second kappa shape index (κ2) is 6.88. The van der Waals surface area contributed by atoms with Gasteiger partial charge in [0.2, 0.25) is 0 Å². The Hall–Kier alpha value is -1.94. The summed E-state index contributed by atoms with van der Waals surface area (Å²) >= 11 is 0. The summed E-state index contributed by atoms with van der Waals surface area (Å²) in [7, 11) is 0. The number of imide groups is 1. The topological polar surface area (TPSA) is 37.4 Å². The van der Waals surface area contributed by atoms with E-state index in [1.807, 2.05) is 6.08 Å². The maximum atomic E-state index is 12.3. The highest BCUT2D eigenvalue weighted by Crippen LogP contribution is 2.22. The standard InChI is InChI=1S/C18H25N2O2/c1-4-13-20(5-2,6-3)14-9-12-19-17(21)15-10-7-8-11-16(15)18(19)22/h4,7-8,10-11H,1,5-6,9,12-14H2,2-3H3/q+1. The highest BCUT2D eigenvalue weighted by atomic mass is 16.2. The van der Waals surface area contributed by atoms with Crippen molar-refractivity contribution in [2.75, 3.05) is 32.7 Å². The Balaban J connectivity index is 2.00. The van der Waals surface area contributed by atoms with Crippen LogP contribution in [-0.2, 0) is 0 Å². The Morgan fingerprint density at radius 2 is 1.64 bits per heavy atom. The van der Waals surface area contributed by atoms with E-state index in [0.717, 1.165) is 37.1 Å². The molecular formula is C18H25N2O2+. The van der Waals surface area contributed by atoms with Crippen LogP contribution < -0.4 is 0 Å². The Labute approximate surface area is 132 Å². The smallest absolute Gasteiger partial charge is 0.261 e. The lowest BCUT2D eigenvalue weighted by Crippen LogP contribution is -2.49. The molecule has 0 fully saturated rings. The van der Waals surface area contributed by atoms with Crippen LogP contribution in [0.2, 0.25) is 0 Å². The molecule has 0 aromatic heterocycles. The van der Waals surface area contributed by atoms with Gasteiger partial charge in [-0.2, -0.15) is 0 Å². The van der Waals surface area contributed by atoms with E-state index >= 15 is 0 Å². The quantitative estimate of drug-likeness (QED) is 0.420. The van der Waals surface area contributed by atoms with Crippen LogP contribution in [0.25, 0.3) is 0 Å². The molecule has 4 nitrogen and oxygen atoms in total. The third kappa shape index (κ3) is 2.97. The number of benzene rings is 1. The fourth-order valence-electron chi connectivity index (χ4n) is 3.17. The van der Waals surface area contributed by atoms with Crippen LogP contribution in [0.3, 0.4) is 0 Å². The predicted molar refractivity (Wildman–Crippen MR) is 87.7 cm³/mol. The third-order valence-electron chi connectivity index (χ3n) is 4.75. The molecule has 0 aliphatic carbocycles.